The Morgan fingerprint density at radius 3 is 2.76 bits per heavy atom. The van der Waals surface area contributed by atoms with Gasteiger partial charge < -0.3 is 4.90 Å². The third kappa shape index (κ3) is 3.71. The van der Waals surface area contributed by atoms with E-state index in [4.69, 9.17) is 0 Å². The zero-order valence-electron chi connectivity index (χ0n) is 12.3. The lowest BCUT2D eigenvalue weighted by Gasteiger charge is -2.28. The zero-order chi connectivity index (χ0) is 15.5. The summed E-state index contributed by atoms with van der Waals surface area (Å²) in [5.74, 6) is 0.145. The Morgan fingerprint density at radius 2 is 2.10 bits per heavy atom. The van der Waals surface area contributed by atoms with Crippen LogP contribution in [0.3, 0.4) is 0 Å². The summed E-state index contributed by atoms with van der Waals surface area (Å²) in [6, 6.07) is 5.73. The molecule has 1 aromatic rings. The van der Waals surface area contributed by atoms with Crippen LogP contribution in [0.25, 0.3) is 0 Å². The van der Waals surface area contributed by atoms with Crippen LogP contribution in [0.2, 0.25) is 0 Å². The highest BCUT2D eigenvalue weighted by atomic mass is 32.2. The number of carbonyl (C=O) groups excluding carboxylic acids is 1. The van der Waals surface area contributed by atoms with Crippen molar-refractivity contribution in [2.45, 2.75) is 33.2 Å². The number of anilines is 1. The predicted molar refractivity (Wildman–Crippen MR) is 83.4 cm³/mol. The van der Waals surface area contributed by atoms with E-state index in [2.05, 4.69) is 4.72 Å². The van der Waals surface area contributed by atoms with Crippen molar-refractivity contribution in [2.24, 2.45) is 0 Å². The third-order valence-electron chi connectivity index (χ3n) is 3.45. The highest BCUT2D eigenvalue weighted by Crippen LogP contribution is 2.28. The topological polar surface area (TPSA) is 66.5 Å². The van der Waals surface area contributed by atoms with Crippen molar-refractivity contribution in [2.75, 3.05) is 11.4 Å². The van der Waals surface area contributed by atoms with Gasteiger partial charge in [0.25, 0.3) is 0 Å². The predicted octanol–water partition coefficient (Wildman–Crippen LogP) is 1.94. The molecule has 114 valence electrons. The molecule has 6 heteroatoms. The van der Waals surface area contributed by atoms with Gasteiger partial charge >= 0.3 is 0 Å². The van der Waals surface area contributed by atoms with Crippen LogP contribution in [0.1, 0.15) is 31.4 Å². The second kappa shape index (κ2) is 6.41. The summed E-state index contributed by atoms with van der Waals surface area (Å²) < 4.78 is 25.7. The Morgan fingerprint density at radius 1 is 1.33 bits per heavy atom. The van der Waals surface area contributed by atoms with E-state index >= 15 is 0 Å². The Kier molecular flexibility index (Phi) is 4.80. The van der Waals surface area contributed by atoms with Crippen molar-refractivity contribution in [3.63, 3.8) is 0 Å². The first-order valence-electron chi connectivity index (χ1n) is 7.01. The summed E-state index contributed by atoms with van der Waals surface area (Å²) in [5, 5.41) is 1.14. The van der Waals surface area contributed by atoms with Crippen LogP contribution in [0, 0.1) is 0 Å². The molecule has 0 saturated carbocycles. The van der Waals surface area contributed by atoms with Gasteiger partial charge in [-0.25, -0.2) is 13.1 Å². The highest BCUT2D eigenvalue weighted by Gasteiger charge is 2.22. The quantitative estimate of drug-likeness (QED) is 0.904. The monoisotopic (exact) mass is 308 g/mol. The molecular formula is C15H20N2O3S. The fraction of sp³-hybridized carbons (Fsp3) is 0.400. The van der Waals surface area contributed by atoms with Crippen molar-refractivity contribution < 1.29 is 13.2 Å². The standard InChI is InChI=1S/C15H20N2O3S/c1-3-9-21(19,20)16-11-12-5-7-14-13(10-12)6-8-15(18)17(14)4-2/h3,5,7,9-10,16H,4,6,8,11H2,1-2H3/b9-3+. The lowest BCUT2D eigenvalue weighted by molar-refractivity contribution is -0.118. The number of allylic oxidation sites excluding steroid dienone is 1. The van der Waals surface area contributed by atoms with Gasteiger partial charge in [-0.05, 0) is 37.5 Å². The number of nitrogens with zero attached hydrogens (tertiary/aromatic N) is 1. The summed E-state index contributed by atoms with van der Waals surface area (Å²) in [4.78, 5) is 13.6. The average Bonchev–Trinajstić information content (AvgIpc) is 2.45. The first kappa shape index (κ1) is 15.7. The van der Waals surface area contributed by atoms with E-state index in [0.717, 1.165) is 22.2 Å². The molecule has 0 aromatic heterocycles. The molecule has 21 heavy (non-hydrogen) atoms. The molecule has 0 atom stereocenters. The number of amides is 1. The number of sulfonamides is 1. The second-order valence-corrected chi connectivity index (χ2v) is 6.59. The van der Waals surface area contributed by atoms with Crippen LogP contribution in [0.5, 0.6) is 0 Å². The number of rotatable bonds is 5. The van der Waals surface area contributed by atoms with E-state index in [1.54, 1.807) is 11.8 Å². The van der Waals surface area contributed by atoms with Gasteiger partial charge in [-0.3, -0.25) is 4.79 Å². The maximum absolute atomic E-state index is 11.8. The first-order valence-corrected chi connectivity index (χ1v) is 8.56. The number of carbonyl (C=O) groups is 1. The summed E-state index contributed by atoms with van der Waals surface area (Å²) in [7, 11) is -3.37. The normalized spacial score (nSPS) is 15.5. The molecule has 0 aliphatic carbocycles. The van der Waals surface area contributed by atoms with Gasteiger partial charge in [0.15, 0.2) is 0 Å². The van der Waals surface area contributed by atoms with E-state index < -0.39 is 10.0 Å². The first-order chi connectivity index (χ1) is 9.96. The van der Waals surface area contributed by atoms with Gasteiger partial charge in [-0.1, -0.05) is 18.2 Å². The molecule has 0 radical (unpaired) electrons. The van der Waals surface area contributed by atoms with Crippen molar-refractivity contribution in [1.82, 2.24) is 4.72 Å². The van der Waals surface area contributed by atoms with Crippen molar-refractivity contribution in [1.29, 1.82) is 0 Å². The minimum Gasteiger partial charge on any atom is -0.312 e. The van der Waals surface area contributed by atoms with E-state index in [-0.39, 0.29) is 12.5 Å². The van der Waals surface area contributed by atoms with Crippen molar-refractivity contribution in [3.8, 4) is 0 Å². The highest BCUT2D eigenvalue weighted by molar-refractivity contribution is 7.92. The Hall–Kier alpha value is -1.66. The molecule has 0 unspecified atom stereocenters. The molecule has 1 heterocycles. The van der Waals surface area contributed by atoms with Gasteiger partial charge in [-0.2, -0.15) is 0 Å². The maximum Gasteiger partial charge on any atom is 0.233 e. The Balaban J connectivity index is 2.17. The zero-order valence-corrected chi connectivity index (χ0v) is 13.1. The molecule has 0 spiro atoms. The van der Waals surface area contributed by atoms with Gasteiger partial charge in [0.1, 0.15) is 0 Å². The van der Waals surface area contributed by atoms with Crippen molar-refractivity contribution >= 4 is 21.6 Å². The molecule has 1 aromatic carbocycles. The summed E-state index contributed by atoms with van der Waals surface area (Å²) >= 11 is 0. The number of nitrogens with one attached hydrogen (secondary N) is 1. The fourth-order valence-corrected chi connectivity index (χ4v) is 3.30. The van der Waals surface area contributed by atoms with Gasteiger partial charge in [-0.15, -0.1) is 0 Å². The molecule has 0 bridgehead atoms. The van der Waals surface area contributed by atoms with Crippen LogP contribution in [-0.4, -0.2) is 20.9 Å². The van der Waals surface area contributed by atoms with E-state index in [1.807, 2.05) is 25.1 Å². The SMILES string of the molecule is C/C=C/S(=O)(=O)NCc1ccc2c(c1)CCC(=O)N2CC. The lowest BCUT2D eigenvalue weighted by Crippen LogP contribution is -2.34. The minimum absolute atomic E-state index is 0.145. The van der Waals surface area contributed by atoms with Gasteiger partial charge in [0.2, 0.25) is 15.9 Å². The van der Waals surface area contributed by atoms with E-state index in [9.17, 15) is 13.2 Å². The summed E-state index contributed by atoms with van der Waals surface area (Å²) in [5.41, 5.74) is 2.93. The van der Waals surface area contributed by atoms with E-state index in [1.165, 1.54) is 6.08 Å². The fourth-order valence-electron chi connectivity index (χ4n) is 2.48. The Bertz CT molecular complexity index is 665. The number of aryl methyl sites for hydroxylation is 1. The molecule has 0 fully saturated rings. The van der Waals surface area contributed by atoms with Crippen LogP contribution >= 0.6 is 0 Å². The smallest absolute Gasteiger partial charge is 0.233 e. The number of hydrogen-bond donors (Lipinski definition) is 1. The van der Waals surface area contributed by atoms with Gasteiger partial charge in [0, 0.05) is 30.6 Å². The lowest BCUT2D eigenvalue weighted by atomic mass is 9.99. The number of fused-ring (bicyclic) bond motifs is 1. The molecule has 1 amide bonds. The molecule has 1 aliphatic heterocycles. The van der Waals surface area contributed by atoms with Crippen LogP contribution < -0.4 is 9.62 Å². The van der Waals surface area contributed by atoms with Crippen LogP contribution in [0.15, 0.2) is 29.7 Å². The van der Waals surface area contributed by atoms with Crippen LogP contribution in [-0.2, 0) is 27.8 Å². The third-order valence-corrected chi connectivity index (χ3v) is 4.63. The number of benzene rings is 1. The van der Waals surface area contributed by atoms with E-state index in [0.29, 0.717) is 19.4 Å². The minimum atomic E-state index is -3.37. The van der Waals surface area contributed by atoms with Gasteiger partial charge in [0.05, 0.1) is 0 Å². The van der Waals surface area contributed by atoms with Crippen LogP contribution in [0.4, 0.5) is 5.69 Å². The molecule has 1 N–H and O–H groups in total. The summed E-state index contributed by atoms with van der Waals surface area (Å²) in [6.45, 7) is 4.51. The number of hydrogen-bond acceptors (Lipinski definition) is 3. The second-order valence-electron chi connectivity index (χ2n) is 4.94. The molecule has 2 rings (SSSR count). The molecule has 0 saturated heterocycles. The molecular weight excluding hydrogens is 288 g/mol. The average molecular weight is 308 g/mol. The Labute approximate surface area is 125 Å². The molecule has 1 aliphatic rings. The maximum atomic E-state index is 11.8. The molecule has 5 nitrogen and oxygen atoms in total. The summed E-state index contributed by atoms with van der Waals surface area (Å²) in [6.07, 6.45) is 2.70. The van der Waals surface area contributed by atoms with Crippen molar-refractivity contribution in [3.05, 3.63) is 40.8 Å². The largest absolute Gasteiger partial charge is 0.312 e.